The van der Waals surface area contributed by atoms with Crippen molar-refractivity contribution in [3.8, 4) is 5.69 Å². The van der Waals surface area contributed by atoms with Crippen LogP contribution in [0.3, 0.4) is 0 Å². The van der Waals surface area contributed by atoms with Gasteiger partial charge in [-0.1, -0.05) is 19.1 Å². The van der Waals surface area contributed by atoms with E-state index in [-0.39, 0.29) is 17.8 Å². The summed E-state index contributed by atoms with van der Waals surface area (Å²) < 4.78 is 1.45. The summed E-state index contributed by atoms with van der Waals surface area (Å²) in [6, 6.07) is 9.59. The lowest BCUT2D eigenvalue weighted by Crippen LogP contribution is -2.58. The SMILES string of the molecule is CC(Cc1ccc(-n2ccc(NC(=O)N3CCN(C(=O)C(C)(C)N)CC3)nc2=O)cc1)N1C[C@H](CN)[C@H](C)C1. The summed E-state index contributed by atoms with van der Waals surface area (Å²) in [6.45, 7) is 12.3. The van der Waals surface area contributed by atoms with Crippen molar-refractivity contribution in [2.45, 2.75) is 45.7 Å². The van der Waals surface area contributed by atoms with Gasteiger partial charge in [0.05, 0.1) is 11.2 Å². The molecule has 3 atom stereocenters. The number of hydrogen-bond acceptors (Lipinski definition) is 7. The Morgan fingerprint density at radius 2 is 1.72 bits per heavy atom. The molecule has 1 aromatic heterocycles. The molecule has 1 unspecified atom stereocenters. The molecule has 2 aliphatic rings. The number of nitrogens with zero attached hydrogens (tertiary/aromatic N) is 5. The van der Waals surface area contributed by atoms with E-state index in [1.54, 1.807) is 35.9 Å². The number of likely N-dealkylation sites (tertiary alicyclic amines) is 1. The molecular weight excluding hydrogens is 496 g/mol. The Balaban J connectivity index is 1.32. The van der Waals surface area contributed by atoms with E-state index in [1.165, 1.54) is 10.1 Å². The van der Waals surface area contributed by atoms with Gasteiger partial charge < -0.3 is 21.3 Å². The predicted molar refractivity (Wildman–Crippen MR) is 152 cm³/mol. The standard InChI is InChI=1S/C28H42N8O3/c1-19-17-35(18-22(19)16-29)20(2)15-21-5-7-23(8-6-21)36-10-9-24(32-27(36)39)31-26(38)34-13-11-33(12-14-34)25(37)28(3,4)30/h5-10,19-20,22H,11-18,29-30H2,1-4H3,(H,31,32,38,39)/t19-,20?,22+/m1/s1. The summed E-state index contributed by atoms with van der Waals surface area (Å²) in [7, 11) is 0. The van der Waals surface area contributed by atoms with Crippen molar-refractivity contribution in [1.29, 1.82) is 0 Å². The van der Waals surface area contributed by atoms with Gasteiger partial charge in [-0.2, -0.15) is 4.98 Å². The van der Waals surface area contributed by atoms with Gasteiger partial charge in [-0.05, 0) is 69.3 Å². The molecule has 0 spiro atoms. The summed E-state index contributed by atoms with van der Waals surface area (Å²) in [5.74, 6) is 1.23. The quantitative estimate of drug-likeness (QED) is 0.479. The molecule has 39 heavy (non-hydrogen) atoms. The van der Waals surface area contributed by atoms with Crippen molar-refractivity contribution in [2.75, 3.05) is 51.1 Å². The zero-order valence-corrected chi connectivity index (χ0v) is 23.5. The topological polar surface area (TPSA) is 143 Å². The first-order valence-corrected chi connectivity index (χ1v) is 13.7. The second-order valence-corrected chi connectivity index (χ2v) is 11.5. The van der Waals surface area contributed by atoms with Crippen LogP contribution >= 0.6 is 0 Å². The maximum absolute atomic E-state index is 12.8. The number of piperazine rings is 1. The second-order valence-electron chi connectivity index (χ2n) is 11.5. The molecule has 0 radical (unpaired) electrons. The Hall–Kier alpha value is -3.28. The van der Waals surface area contributed by atoms with Crippen molar-refractivity contribution >= 4 is 17.8 Å². The zero-order chi connectivity index (χ0) is 28.3. The molecule has 11 heteroatoms. The molecule has 212 valence electrons. The lowest BCUT2D eigenvalue weighted by atomic mass is 9.99. The molecule has 2 aliphatic heterocycles. The molecule has 5 N–H and O–H groups in total. The molecule has 2 fully saturated rings. The van der Waals surface area contributed by atoms with Crippen LogP contribution in [0.2, 0.25) is 0 Å². The van der Waals surface area contributed by atoms with Crippen molar-refractivity contribution in [2.24, 2.45) is 23.3 Å². The summed E-state index contributed by atoms with van der Waals surface area (Å²) in [4.78, 5) is 47.6. The molecule has 3 heterocycles. The molecular formula is C28H42N8O3. The van der Waals surface area contributed by atoms with Gasteiger partial charge in [-0.3, -0.25) is 19.6 Å². The van der Waals surface area contributed by atoms with Crippen LogP contribution in [0.15, 0.2) is 41.3 Å². The third-order valence-electron chi connectivity index (χ3n) is 7.91. The van der Waals surface area contributed by atoms with Gasteiger partial charge in [0.15, 0.2) is 0 Å². The minimum absolute atomic E-state index is 0.141. The number of amides is 3. The maximum Gasteiger partial charge on any atom is 0.354 e. The summed E-state index contributed by atoms with van der Waals surface area (Å²) >= 11 is 0. The Morgan fingerprint density at radius 1 is 1.08 bits per heavy atom. The van der Waals surface area contributed by atoms with E-state index in [0.29, 0.717) is 49.7 Å². The predicted octanol–water partition coefficient (Wildman–Crippen LogP) is 1.10. The first kappa shape index (κ1) is 28.7. The van der Waals surface area contributed by atoms with Gasteiger partial charge in [0.1, 0.15) is 5.82 Å². The van der Waals surface area contributed by atoms with Crippen molar-refractivity contribution in [3.63, 3.8) is 0 Å². The molecule has 4 rings (SSSR count). The van der Waals surface area contributed by atoms with E-state index >= 15 is 0 Å². The molecule has 2 saturated heterocycles. The number of rotatable bonds is 7. The van der Waals surface area contributed by atoms with Crippen molar-refractivity contribution in [3.05, 3.63) is 52.6 Å². The van der Waals surface area contributed by atoms with E-state index in [1.807, 2.05) is 24.3 Å². The Labute approximate surface area is 230 Å². The van der Waals surface area contributed by atoms with E-state index in [9.17, 15) is 14.4 Å². The van der Waals surface area contributed by atoms with Gasteiger partial charge in [0, 0.05) is 51.5 Å². The zero-order valence-electron chi connectivity index (χ0n) is 23.5. The van der Waals surface area contributed by atoms with Crippen LogP contribution in [0.5, 0.6) is 0 Å². The summed E-state index contributed by atoms with van der Waals surface area (Å²) in [5.41, 5.74) is 12.3. The number of nitrogens with one attached hydrogen (secondary N) is 1. The lowest BCUT2D eigenvalue weighted by molar-refractivity contribution is -0.137. The van der Waals surface area contributed by atoms with Crippen molar-refractivity contribution in [1.82, 2.24) is 24.3 Å². The molecule has 0 aliphatic carbocycles. The van der Waals surface area contributed by atoms with Gasteiger partial charge in [-0.25, -0.2) is 9.59 Å². The highest BCUT2D eigenvalue weighted by Crippen LogP contribution is 2.25. The Bertz CT molecular complexity index is 1210. The third-order valence-corrected chi connectivity index (χ3v) is 7.91. The number of carbonyl (C=O) groups is 2. The molecule has 11 nitrogen and oxygen atoms in total. The second kappa shape index (κ2) is 11.8. The Kier molecular flexibility index (Phi) is 8.73. The first-order valence-electron chi connectivity index (χ1n) is 13.7. The summed E-state index contributed by atoms with van der Waals surface area (Å²) in [5, 5.41) is 2.70. The minimum Gasteiger partial charge on any atom is -0.338 e. The molecule has 0 saturated carbocycles. The normalized spacial score (nSPS) is 21.2. The largest absolute Gasteiger partial charge is 0.354 e. The van der Waals surface area contributed by atoms with Gasteiger partial charge >= 0.3 is 11.7 Å². The number of hydrogen-bond donors (Lipinski definition) is 3. The minimum atomic E-state index is -0.946. The number of urea groups is 1. The van der Waals surface area contributed by atoms with E-state index in [4.69, 9.17) is 11.5 Å². The average molecular weight is 539 g/mol. The van der Waals surface area contributed by atoms with Crippen LogP contribution in [0, 0.1) is 11.8 Å². The first-order chi connectivity index (χ1) is 18.5. The molecule has 2 aromatic rings. The van der Waals surface area contributed by atoms with Crippen molar-refractivity contribution < 1.29 is 9.59 Å². The van der Waals surface area contributed by atoms with Gasteiger partial charge in [-0.15, -0.1) is 0 Å². The van der Waals surface area contributed by atoms with Crippen LogP contribution in [0.25, 0.3) is 5.69 Å². The third kappa shape index (κ3) is 6.84. The number of carbonyl (C=O) groups excluding carboxylic acids is 2. The fourth-order valence-electron chi connectivity index (χ4n) is 5.38. The van der Waals surface area contributed by atoms with Crippen LogP contribution in [-0.2, 0) is 11.2 Å². The lowest BCUT2D eigenvalue weighted by Gasteiger charge is -2.37. The maximum atomic E-state index is 12.8. The van der Waals surface area contributed by atoms with E-state index in [2.05, 4.69) is 29.0 Å². The molecule has 1 aromatic carbocycles. The highest BCUT2D eigenvalue weighted by atomic mass is 16.2. The highest BCUT2D eigenvalue weighted by molar-refractivity contribution is 5.89. The molecule has 3 amide bonds. The van der Waals surface area contributed by atoms with Crippen LogP contribution in [0.1, 0.15) is 33.3 Å². The fraction of sp³-hybridized carbons (Fsp3) is 0.571. The van der Waals surface area contributed by atoms with Crippen LogP contribution in [0.4, 0.5) is 10.6 Å². The average Bonchev–Trinajstić information content (AvgIpc) is 3.29. The number of aromatic nitrogens is 2. The fourth-order valence-corrected chi connectivity index (χ4v) is 5.38. The summed E-state index contributed by atoms with van der Waals surface area (Å²) in [6.07, 6.45) is 2.54. The van der Waals surface area contributed by atoms with E-state index < -0.39 is 11.2 Å². The van der Waals surface area contributed by atoms with Crippen LogP contribution < -0.4 is 22.5 Å². The smallest absolute Gasteiger partial charge is 0.338 e. The Morgan fingerprint density at radius 3 is 2.28 bits per heavy atom. The van der Waals surface area contributed by atoms with Crippen LogP contribution in [-0.4, -0.2) is 93.6 Å². The highest BCUT2D eigenvalue weighted by Gasteiger charge is 2.32. The van der Waals surface area contributed by atoms with Gasteiger partial charge in [0.25, 0.3) is 0 Å². The number of nitrogens with two attached hydrogens (primary N) is 2. The molecule has 0 bridgehead atoms. The van der Waals surface area contributed by atoms with Gasteiger partial charge in [0.2, 0.25) is 5.91 Å². The van der Waals surface area contributed by atoms with E-state index in [0.717, 1.165) is 26.1 Å². The number of anilines is 1. The number of benzene rings is 1. The monoisotopic (exact) mass is 538 g/mol.